The van der Waals surface area contributed by atoms with Gasteiger partial charge >= 0.3 is 6.18 Å². The van der Waals surface area contributed by atoms with E-state index in [0.717, 1.165) is 34.0 Å². The minimum Gasteiger partial charge on any atom is -0.496 e. The predicted molar refractivity (Wildman–Crippen MR) is 107 cm³/mol. The summed E-state index contributed by atoms with van der Waals surface area (Å²) in [7, 11) is 1.59. The third-order valence-corrected chi connectivity index (χ3v) is 5.99. The molecule has 1 aliphatic heterocycles. The van der Waals surface area contributed by atoms with Crippen molar-refractivity contribution in [2.45, 2.75) is 37.9 Å². The van der Waals surface area contributed by atoms with E-state index in [0.29, 0.717) is 17.9 Å². The second-order valence-electron chi connectivity index (χ2n) is 7.96. The molecule has 0 aromatic heterocycles. The Morgan fingerprint density at radius 3 is 2.24 bits per heavy atom. The number of nitrogens with zero attached hydrogens (tertiary/aromatic N) is 1. The number of anilines is 1. The van der Waals surface area contributed by atoms with Crippen LogP contribution in [0.5, 0.6) is 5.75 Å². The molecule has 1 atom stereocenters. The van der Waals surface area contributed by atoms with Crippen molar-refractivity contribution < 1.29 is 23.1 Å². The van der Waals surface area contributed by atoms with Crippen molar-refractivity contribution in [3.05, 3.63) is 71.3 Å². The van der Waals surface area contributed by atoms with Crippen LogP contribution < -0.4 is 9.80 Å². The van der Waals surface area contributed by atoms with Crippen molar-refractivity contribution in [3.63, 3.8) is 0 Å². The van der Waals surface area contributed by atoms with E-state index in [4.69, 9.17) is 4.74 Å². The van der Waals surface area contributed by atoms with Gasteiger partial charge in [0.05, 0.1) is 23.9 Å². The van der Waals surface area contributed by atoms with Crippen LogP contribution in [0, 0.1) is 0 Å². The highest BCUT2D eigenvalue weighted by molar-refractivity contribution is 5.96. The van der Waals surface area contributed by atoms with Crippen LogP contribution in [0.2, 0.25) is 0 Å². The maximum atomic E-state index is 13.0. The molecule has 0 fully saturated rings. The molecule has 1 heterocycles. The van der Waals surface area contributed by atoms with Crippen LogP contribution in [0.25, 0.3) is 10.8 Å². The molecule has 4 rings (SSSR count). The number of benzene rings is 3. The first-order valence-electron chi connectivity index (χ1n) is 9.39. The van der Waals surface area contributed by atoms with E-state index in [9.17, 15) is 18.4 Å². The quantitative estimate of drug-likeness (QED) is 0.556. The van der Waals surface area contributed by atoms with Gasteiger partial charge in [-0.25, -0.2) is 0 Å². The smallest absolute Gasteiger partial charge is 0.416 e. The van der Waals surface area contributed by atoms with Crippen LogP contribution in [0.4, 0.5) is 18.9 Å². The molecule has 29 heavy (non-hydrogen) atoms. The van der Waals surface area contributed by atoms with Gasteiger partial charge in [0, 0.05) is 17.4 Å². The van der Waals surface area contributed by atoms with Crippen molar-refractivity contribution >= 4 is 16.5 Å². The first-order valence-corrected chi connectivity index (χ1v) is 9.39. The maximum Gasteiger partial charge on any atom is 0.416 e. The zero-order valence-corrected chi connectivity index (χ0v) is 16.4. The summed E-state index contributed by atoms with van der Waals surface area (Å²) in [6, 6.07) is 14.9. The summed E-state index contributed by atoms with van der Waals surface area (Å²) in [5.41, 5.74) is 0.973. The lowest BCUT2D eigenvalue weighted by atomic mass is 9.73. The molecule has 6 heteroatoms. The summed E-state index contributed by atoms with van der Waals surface area (Å²) in [6.07, 6.45) is -3.78. The molecule has 0 aliphatic carbocycles. The van der Waals surface area contributed by atoms with Crippen LogP contribution in [-0.2, 0) is 12.6 Å². The van der Waals surface area contributed by atoms with Gasteiger partial charge in [-0.3, -0.25) is 10.3 Å². The Morgan fingerprint density at radius 1 is 1.03 bits per heavy atom. The van der Waals surface area contributed by atoms with E-state index in [-0.39, 0.29) is 5.92 Å². The fourth-order valence-electron chi connectivity index (χ4n) is 4.30. The number of rotatable bonds is 2. The monoisotopic (exact) mass is 401 g/mol. The van der Waals surface area contributed by atoms with Crippen molar-refractivity contribution in [1.82, 2.24) is 0 Å². The number of ether oxygens (including phenoxy) is 1. The van der Waals surface area contributed by atoms with Crippen molar-refractivity contribution in [3.8, 4) is 5.75 Å². The van der Waals surface area contributed by atoms with Crippen LogP contribution in [-0.4, -0.2) is 17.9 Å². The van der Waals surface area contributed by atoms with E-state index in [1.54, 1.807) is 7.11 Å². The van der Waals surface area contributed by atoms with Crippen molar-refractivity contribution in [1.29, 1.82) is 0 Å². The van der Waals surface area contributed by atoms with Crippen LogP contribution >= 0.6 is 0 Å². The average molecular weight is 401 g/mol. The molecule has 1 aliphatic rings. The van der Waals surface area contributed by atoms with Gasteiger partial charge in [0.1, 0.15) is 5.75 Å². The highest BCUT2D eigenvalue weighted by atomic mass is 19.4. The molecular weight excluding hydrogens is 379 g/mol. The highest BCUT2D eigenvalue weighted by Gasteiger charge is 2.43. The molecule has 1 N–H and O–H groups in total. The molecule has 1 unspecified atom stereocenters. The number of hydrogen-bond donors (Lipinski definition) is 1. The molecule has 3 aromatic rings. The second-order valence-corrected chi connectivity index (χ2v) is 7.96. The molecule has 0 saturated heterocycles. The van der Waals surface area contributed by atoms with Crippen LogP contribution in [0.3, 0.4) is 0 Å². The number of halogens is 3. The minimum absolute atomic E-state index is 0.195. The summed E-state index contributed by atoms with van der Waals surface area (Å²) in [6.45, 7) is 3.78. The van der Waals surface area contributed by atoms with Gasteiger partial charge in [-0.15, -0.1) is 0 Å². The molecule has 0 amide bonds. The second kappa shape index (κ2) is 6.66. The molecule has 0 bridgehead atoms. The van der Waals surface area contributed by atoms with Gasteiger partial charge in [0.15, 0.2) is 0 Å². The summed E-state index contributed by atoms with van der Waals surface area (Å²) < 4.78 is 44.4. The Morgan fingerprint density at radius 2 is 1.66 bits per heavy atom. The molecule has 0 saturated carbocycles. The number of methoxy groups -OCH3 is 1. The lowest BCUT2D eigenvalue weighted by molar-refractivity contribution is -0.137. The van der Waals surface area contributed by atoms with E-state index in [1.165, 1.54) is 17.2 Å². The maximum absolute atomic E-state index is 13.0. The number of hydrogen-bond acceptors (Lipinski definition) is 3. The van der Waals surface area contributed by atoms with E-state index < -0.39 is 17.3 Å². The summed E-state index contributed by atoms with van der Waals surface area (Å²) in [5.74, 6) is 0.473. The number of fused-ring (bicyclic) bond motifs is 3. The first-order chi connectivity index (χ1) is 13.6. The van der Waals surface area contributed by atoms with Gasteiger partial charge in [-0.05, 0) is 48.9 Å². The Balaban J connectivity index is 1.86. The minimum atomic E-state index is -4.37. The molecule has 3 nitrogen and oxygen atoms in total. The van der Waals surface area contributed by atoms with Gasteiger partial charge < -0.3 is 4.74 Å². The van der Waals surface area contributed by atoms with Gasteiger partial charge in [-0.1, -0.05) is 36.4 Å². The van der Waals surface area contributed by atoms with Crippen LogP contribution in [0.1, 0.15) is 36.5 Å². The first kappa shape index (κ1) is 19.6. The zero-order valence-electron chi connectivity index (χ0n) is 16.4. The van der Waals surface area contributed by atoms with Gasteiger partial charge in [0.2, 0.25) is 0 Å². The Kier molecular flexibility index (Phi) is 4.50. The molecule has 0 radical (unpaired) electrons. The van der Waals surface area contributed by atoms with Gasteiger partial charge in [0.25, 0.3) is 0 Å². The Bertz CT molecular complexity index is 1060. The molecule has 3 aromatic carbocycles. The van der Waals surface area contributed by atoms with E-state index in [1.807, 2.05) is 44.2 Å². The molecule has 0 spiro atoms. The third-order valence-electron chi connectivity index (χ3n) is 5.99. The van der Waals surface area contributed by atoms with Crippen molar-refractivity contribution in [2.75, 3.05) is 12.2 Å². The van der Waals surface area contributed by atoms with Crippen LogP contribution in [0.15, 0.2) is 54.6 Å². The Labute approximate surface area is 167 Å². The average Bonchev–Trinajstić information content (AvgIpc) is 2.69. The molecule has 152 valence electrons. The summed E-state index contributed by atoms with van der Waals surface area (Å²) >= 11 is 0. The van der Waals surface area contributed by atoms with Gasteiger partial charge in [-0.2, -0.15) is 13.2 Å². The van der Waals surface area contributed by atoms with E-state index >= 15 is 0 Å². The summed E-state index contributed by atoms with van der Waals surface area (Å²) in [5, 5.41) is 14.2. The fourth-order valence-corrected chi connectivity index (χ4v) is 4.30. The predicted octanol–water partition coefficient (Wildman–Crippen LogP) is 6.18. The Hall–Kier alpha value is -2.73. The molecular formula is C23H22F3NO2. The number of alkyl halides is 3. The fraction of sp³-hybridized carbons (Fsp3) is 0.304. The zero-order chi connectivity index (χ0) is 21.0. The summed E-state index contributed by atoms with van der Waals surface area (Å²) in [4.78, 5) is 0. The standard InChI is InChI=1S/C23H22F3NO2/c1-22(2)19(14-8-10-15(11-9-14)23(24,25)26)12-18-16-6-4-5-7-17(16)21(29-3)13-20(18)27(22)28/h4-11,13,19,28H,12H2,1-3H3. The van der Waals surface area contributed by atoms with E-state index in [2.05, 4.69) is 0 Å². The highest BCUT2D eigenvalue weighted by Crippen LogP contribution is 2.48. The van der Waals surface area contributed by atoms with Crippen molar-refractivity contribution in [2.24, 2.45) is 0 Å². The SMILES string of the molecule is COc1cc2c(c3ccccc13)CC(c1ccc(C(F)(F)F)cc1)C(C)(C)N2O. The lowest BCUT2D eigenvalue weighted by Gasteiger charge is -2.47. The topological polar surface area (TPSA) is 32.7 Å². The lowest BCUT2D eigenvalue weighted by Crippen LogP contribution is -2.50. The largest absolute Gasteiger partial charge is 0.496 e. The third kappa shape index (κ3) is 3.12. The normalized spacial score (nSPS) is 18.6. The number of hydroxylamine groups is 1.